The third-order valence-electron chi connectivity index (χ3n) is 3.83. The zero-order valence-corrected chi connectivity index (χ0v) is 13.3. The Morgan fingerprint density at radius 3 is 2.33 bits per heavy atom. The number of hydrogen-bond acceptors (Lipinski definition) is 2. The number of amides is 3. The van der Waals surface area contributed by atoms with Crippen molar-refractivity contribution in [1.29, 1.82) is 0 Å². The lowest BCUT2D eigenvalue weighted by molar-refractivity contribution is -0.137. The van der Waals surface area contributed by atoms with E-state index in [0.29, 0.717) is 0 Å². The van der Waals surface area contributed by atoms with E-state index in [1.165, 1.54) is 13.0 Å². The molecule has 1 aliphatic carbocycles. The lowest BCUT2D eigenvalue weighted by Gasteiger charge is -2.23. The Balaban J connectivity index is 2.12. The smallest absolute Gasteiger partial charge is 0.335 e. The Morgan fingerprint density at radius 2 is 1.75 bits per heavy atom. The molecule has 1 aromatic carbocycles. The van der Waals surface area contributed by atoms with Crippen molar-refractivity contribution in [3.63, 3.8) is 0 Å². The highest BCUT2D eigenvalue weighted by molar-refractivity contribution is 5.92. The fraction of sp³-hybridized carbons (Fsp3) is 0.500. The molecule has 1 saturated carbocycles. The van der Waals surface area contributed by atoms with Crippen LogP contribution in [0.4, 0.5) is 29.3 Å². The van der Waals surface area contributed by atoms with Gasteiger partial charge >= 0.3 is 12.2 Å². The van der Waals surface area contributed by atoms with Crippen LogP contribution in [0.25, 0.3) is 0 Å². The Hall–Kier alpha value is -2.25. The molecule has 1 fully saturated rings. The number of nitrogens with one attached hydrogen (secondary N) is 3. The summed E-state index contributed by atoms with van der Waals surface area (Å²) in [5, 5.41) is 7.26. The van der Waals surface area contributed by atoms with E-state index in [9.17, 15) is 22.8 Å². The molecule has 8 heteroatoms. The van der Waals surface area contributed by atoms with Crippen LogP contribution >= 0.6 is 0 Å². The van der Waals surface area contributed by atoms with Gasteiger partial charge in [-0.25, -0.2) is 4.79 Å². The molecule has 0 unspecified atom stereocenters. The summed E-state index contributed by atoms with van der Waals surface area (Å²) >= 11 is 0. The standard InChI is InChI=1S/C16H20F3N3O2/c1-10(23)20-12-7-8-14(13(9-12)16(17,18)19)22-15(24)21-11-5-3-2-4-6-11/h7-9,11H,2-6H2,1H3,(H,20,23)(H2,21,22,24). The summed E-state index contributed by atoms with van der Waals surface area (Å²) in [5.74, 6) is -0.473. The number of rotatable bonds is 3. The maximum atomic E-state index is 13.2. The van der Waals surface area contributed by atoms with Crippen molar-refractivity contribution < 1.29 is 22.8 Å². The number of urea groups is 1. The van der Waals surface area contributed by atoms with Gasteiger partial charge in [0.15, 0.2) is 0 Å². The molecule has 3 N–H and O–H groups in total. The topological polar surface area (TPSA) is 70.2 Å². The zero-order chi connectivity index (χ0) is 17.7. The van der Waals surface area contributed by atoms with Gasteiger partial charge in [0.1, 0.15) is 0 Å². The average Bonchev–Trinajstić information content (AvgIpc) is 2.48. The molecule has 0 saturated heterocycles. The van der Waals surface area contributed by atoms with Crippen LogP contribution in [0.2, 0.25) is 0 Å². The molecule has 3 amide bonds. The first-order valence-electron chi connectivity index (χ1n) is 7.82. The Kier molecular flexibility index (Phi) is 5.69. The molecule has 0 heterocycles. The van der Waals surface area contributed by atoms with E-state index < -0.39 is 23.7 Å². The monoisotopic (exact) mass is 343 g/mol. The second-order valence-electron chi connectivity index (χ2n) is 5.87. The van der Waals surface area contributed by atoms with Gasteiger partial charge in [-0.05, 0) is 31.0 Å². The number of halogens is 3. The second-order valence-corrected chi connectivity index (χ2v) is 5.87. The van der Waals surface area contributed by atoms with E-state index in [4.69, 9.17) is 0 Å². The van der Waals surface area contributed by atoms with Crippen LogP contribution in [0.1, 0.15) is 44.6 Å². The fourth-order valence-corrected chi connectivity index (χ4v) is 2.76. The number of anilines is 2. The van der Waals surface area contributed by atoms with E-state index in [0.717, 1.165) is 44.2 Å². The molecule has 0 radical (unpaired) electrons. The van der Waals surface area contributed by atoms with Gasteiger partial charge in [-0.2, -0.15) is 13.2 Å². The molecule has 2 rings (SSSR count). The number of alkyl halides is 3. The van der Waals surface area contributed by atoms with Crippen LogP contribution in [0, 0.1) is 0 Å². The number of carbonyl (C=O) groups excluding carboxylic acids is 2. The highest BCUT2D eigenvalue weighted by atomic mass is 19.4. The first-order valence-corrected chi connectivity index (χ1v) is 7.82. The molecule has 1 aliphatic rings. The minimum Gasteiger partial charge on any atom is -0.335 e. The Bertz CT molecular complexity index is 611. The van der Waals surface area contributed by atoms with Gasteiger partial charge in [0.05, 0.1) is 11.3 Å². The van der Waals surface area contributed by atoms with Crippen LogP contribution in [0.3, 0.4) is 0 Å². The summed E-state index contributed by atoms with van der Waals surface area (Å²) in [7, 11) is 0. The summed E-state index contributed by atoms with van der Waals surface area (Å²) in [6.45, 7) is 1.21. The first-order chi connectivity index (χ1) is 11.3. The van der Waals surface area contributed by atoms with Crippen molar-refractivity contribution in [3.8, 4) is 0 Å². The van der Waals surface area contributed by atoms with Gasteiger partial charge in [-0.3, -0.25) is 4.79 Å². The van der Waals surface area contributed by atoms with Crippen molar-refractivity contribution in [2.24, 2.45) is 0 Å². The lowest BCUT2D eigenvalue weighted by Crippen LogP contribution is -2.39. The van der Waals surface area contributed by atoms with Crippen LogP contribution in [0.15, 0.2) is 18.2 Å². The Morgan fingerprint density at radius 1 is 1.08 bits per heavy atom. The van der Waals surface area contributed by atoms with Crippen LogP contribution in [-0.4, -0.2) is 18.0 Å². The molecular weight excluding hydrogens is 323 g/mol. The predicted octanol–water partition coefficient (Wildman–Crippen LogP) is 4.12. The highest BCUT2D eigenvalue weighted by Gasteiger charge is 2.34. The molecule has 0 aliphatic heterocycles. The third-order valence-corrected chi connectivity index (χ3v) is 3.83. The number of benzene rings is 1. The molecule has 0 bridgehead atoms. The molecule has 5 nitrogen and oxygen atoms in total. The number of carbonyl (C=O) groups is 2. The summed E-state index contributed by atoms with van der Waals surface area (Å²) in [4.78, 5) is 22.9. The Labute approximate surface area is 138 Å². The van der Waals surface area contributed by atoms with Gasteiger partial charge in [-0.15, -0.1) is 0 Å². The lowest BCUT2D eigenvalue weighted by atomic mass is 9.96. The molecule has 24 heavy (non-hydrogen) atoms. The van der Waals surface area contributed by atoms with Crippen molar-refractivity contribution in [1.82, 2.24) is 5.32 Å². The molecule has 0 aromatic heterocycles. The molecular formula is C16H20F3N3O2. The van der Waals surface area contributed by atoms with Gasteiger partial charge < -0.3 is 16.0 Å². The second kappa shape index (κ2) is 7.55. The summed E-state index contributed by atoms with van der Waals surface area (Å²) < 4.78 is 39.6. The van der Waals surface area contributed by atoms with E-state index in [1.807, 2.05) is 0 Å². The van der Waals surface area contributed by atoms with Crippen molar-refractivity contribution in [3.05, 3.63) is 23.8 Å². The normalized spacial score (nSPS) is 15.7. The fourth-order valence-electron chi connectivity index (χ4n) is 2.76. The van der Waals surface area contributed by atoms with E-state index in [2.05, 4.69) is 16.0 Å². The first kappa shape index (κ1) is 18.1. The predicted molar refractivity (Wildman–Crippen MR) is 84.8 cm³/mol. The van der Waals surface area contributed by atoms with Gasteiger partial charge in [-0.1, -0.05) is 19.3 Å². The van der Waals surface area contributed by atoms with Crippen LogP contribution in [-0.2, 0) is 11.0 Å². The summed E-state index contributed by atoms with van der Waals surface area (Å²) in [5.41, 5.74) is -1.33. The van der Waals surface area contributed by atoms with Crippen molar-refractivity contribution >= 4 is 23.3 Å². The summed E-state index contributed by atoms with van der Waals surface area (Å²) in [6.07, 6.45) is 0.140. The summed E-state index contributed by atoms with van der Waals surface area (Å²) in [6, 6.07) is 2.59. The van der Waals surface area contributed by atoms with E-state index >= 15 is 0 Å². The molecule has 0 atom stereocenters. The largest absolute Gasteiger partial charge is 0.418 e. The van der Waals surface area contributed by atoms with E-state index in [-0.39, 0.29) is 17.4 Å². The van der Waals surface area contributed by atoms with Gasteiger partial charge in [0.25, 0.3) is 0 Å². The van der Waals surface area contributed by atoms with Gasteiger partial charge in [0.2, 0.25) is 5.91 Å². The van der Waals surface area contributed by atoms with Gasteiger partial charge in [0, 0.05) is 18.7 Å². The quantitative estimate of drug-likeness (QED) is 0.773. The average molecular weight is 343 g/mol. The van der Waals surface area contributed by atoms with Crippen molar-refractivity contribution in [2.75, 3.05) is 10.6 Å². The minimum absolute atomic E-state index is 0.00765. The maximum Gasteiger partial charge on any atom is 0.418 e. The van der Waals surface area contributed by atoms with E-state index in [1.54, 1.807) is 0 Å². The highest BCUT2D eigenvalue weighted by Crippen LogP contribution is 2.36. The molecule has 132 valence electrons. The minimum atomic E-state index is -4.65. The zero-order valence-electron chi connectivity index (χ0n) is 13.3. The third kappa shape index (κ3) is 5.14. The number of hydrogen-bond donors (Lipinski definition) is 3. The SMILES string of the molecule is CC(=O)Nc1ccc(NC(=O)NC2CCCCC2)c(C(F)(F)F)c1. The molecule has 1 aromatic rings. The van der Waals surface area contributed by atoms with Crippen molar-refractivity contribution in [2.45, 2.75) is 51.2 Å². The van der Waals surface area contributed by atoms with Crippen LogP contribution < -0.4 is 16.0 Å². The van der Waals surface area contributed by atoms with Crippen LogP contribution in [0.5, 0.6) is 0 Å². The molecule has 0 spiro atoms. The maximum absolute atomic E-state index is 13.2.